The quantitative estimate of drug-likeness (QED) is 0.775. The Bertz CT molecular complexity index is 825. The number of para-hydroxylation sites is 1. The first-order valence-corrected chi connectivity index (χ1v) is 8.62. The highest BCUT2D eigenvalue weighted by Crippen LogP contribution is 2.25. The minimum absolute atomic E-state index is 0.575. The van der Waals surface area contributed by atoms with E-state index in [-0.39, 0.29) is 0 Å². The Balaban J connectivity index is 1.44. The van der Waals surface area contributed by atoms with E-state index in [1.54, 1.807) is 12.4 Å². The summed E-state index contributed by atoms with van der Waals surface area (Å²) in [6.45, 7) is 3.25. The zero-order chi connectivity index (χ0) is 16.4. The SMILES string of the molecule is Nc1nccnc1C[C@@H]1CCCN(Cc2c[nH]c3ccccc23)C1. The van der Waals surface area contributed by atoms with Gasteiger partial charge < -0.3 is 10.7 Å². The molecule has 4 rings (SSSR count). The second kappa shape index (κ2) is 6.61. The van der Waals surface area contributed by atoms with Crippen LogP contribution in [0.3, 0.4) is 0 Å². The largest absolute Gasteiger partial charge is 0.382 e. The number of hydrogen-bond acceptors (Lipinski definition) is 4. The van der Waals surface area contributed by atoms with Crippen molar-refractivity contribution in [3.8, 4) is 0 Å². The van der Waals surface area contributed by atoms with Gasteiger partial charge in [-0.1, -0.05) is 18.2 Å². The van der Waals surface area contributed by atoms with Gasteiger partial charge in [0.1, 0.15) is 5.82 Å². The molecule has 1 aromatic carbocycles. The highest BCUT2D eigenvalue weighted by molar-refractivity contribution is 5.82. The van der Waals surface area contributed by atoms with Crippen LogP contribution in [0.2, 0.25) is 0 Å². The van der Waals surface area contributed by atoms with E-state index in [9.17, 15) is 0 Å². The van der Waals surface area contributed by atoms with Gasteiger partial charge in [0.15, 0.2) is 0 Å². The van der Waals surface area contributed by atoms with Gasteiger partial charge in [0.25, 0.3) is 0 Å². The van der Waals surface area contributed by atoms with Gasteiger partial charge in [0.05, 0.1) is 5.69 Å². The number of nitrogens with one attached hydrogen (secondary N) is 1. The zero-order valence-corrected chi connectivity index (χ0v) is 13.8. The minimum Gasteiger partial charge on any atom is -0.382 e. The first kappa shape index (κ1) is 15.1. The van der Waals surface area contributed by atoms with Gasteiger partial charge >= 0.3 is 0 Å². The lowest BCUT2D eigenvalue weighted by Crippen LogP contribution is -2.35. The normalized spacial score (nSPS) is 18.9. The second-order valence-electron chi connectivity index (χ2n) is 6.70. The number of rotatable bonds is 4. The number of aromatic nitrogens is 3. The van der Waals surface area contributed by atoms with Crippen LogP contribution in [0, 0.1) is 5.92 Å². The van der Waals surface area contributed by atoms with Crippen LogP contribution in [0.4, 0.5) is 5.82 Å². The van der Waals surface area contributed by atoms with E-state index in [2.05, 4.69) is 50.3 Å². The molecular formula is C19H23N5. The van der Waals surface area contributed by atoms with Crippen LogP contribution in [0.1, 0.15) is 24.1 Å². The molecule has 1 fully saturated rings. The summed E-state index contributed by atoms with van der Waals surface area (Å²) in [6, 6.07) is 8.51. The van der Waals surface area contributed by atoms with E-state index in [1.165, 1.54) is 29.3 Å². The van der Waals surface area contributed by atoms with Crippen LogP contribution >= 0.6 is 0 Å². The Labute approximate surface area is 141 Å². The Morgan fingerprint density at radius 3 is 3.00 bits per heavy atom. The van der Waals surface area contributed by atoms with E-state index in [1.807, 2.05) is 0 Å². The lowest BCUT2D eigenvalue weighted by atomic mass is 9.93. The summed E-state index contributed by atoms with van der Waals surface area (Å²) in [5.74, 6) is 1.18. The van der Waals surface area contributed by atoms with Crippen molar-refractivity contribution in [2.24, 2.45) is 5.92 Å². The molecular weight excluding hydrogens is 298 g/mol. The topological polar surface area (TPSA) is 70.8 Å². The molecule has 124 valence electrons. The standard InChI is InChI=1S/C19H23N5/c20-19-18(21-7-8-22-19)10-14-4-3-9-24(12-14)13-15-11-23-17-6-2-1-5-16(15)17/h1-2,5-8,11,14,23H,3-4,9-10,12-13H2,(H2,20,22)/t14-/m0/s1. The molecule has 0 unspecified atom stereocenters. The van der Waals surface area contributed by atoms with Crippen LogP contribution in [0.5, 0.6) is 0 Å². The van der Waals surface area contributed by atoms with E-state index in [4.69, 9.17) is 5.73 Å². The van der Waals surface area contributed by atoms with Crippen molar-refractivity contribution in [3.63, 3.8) is 0 Å². The fraction of sp³-hybridized carbons (Fsp3) is 0.368. The summed E-state index contributed by atoms with van der Waals surface area (Å²) < 4.78 is 0. The van der Waals surface area contributed by atoms with E-state index in [0.29, 0.717) is 11.7 Å². The molecule has 1 aliphatic heterocycles. The summed E-state index contributed by atoms with van der Waals surface area (Å²) >= 11 is 0. The fourth-order valence-electron chi connectivity index (χ4n) is 3.77. The summed E-state index contributed by atoms with van der Waals surface area (Å²) in [5.41, 5.74) is 9.49. The van der Waals surface area contributed by atoms with E-state index >= 15 is 0 Å². The van der Waals surface area contributed by atoms with Gasteiger partial charge in [-0.3, -0.25) is 9.88 Å². The number of nitrogen functional groups attached to an aromatic ring is 1. The van der Waals surface area contributed by atoms with Gasteiger partial charge in [0.2, 0.25) is 0 Å². The number of likely N-dealkylation sites (tertiary alicyclic amines) is 1. The predicted octanol–water partition coefficient (Wildman–Crippen LogP) is 2.99. The molecule has 3 N–H and O–H groups in total. The maximum atomic E-state index is 5.95. The molecule has 5 nitrogen and oxygen atoms in total. The molecule has 5 heteroatoms. The average Bonchev–Trinajstić information content (AvgIpc) is 3.01. The van der Waals surface area contributed by atoms with Gasteiger partial charge in [0, 0.05) is 42.6 Å². The molecule has 0 bridgehead atoms. The van der Waals surface area contributed by atoms with Crippen LogP contribution < -0.4 is 5.73 Å². The molecule has 2 aromatic heterocycles. The van der Waals surface area contributed by atoms with Crippen LogP contribution in [0.15, 0.2) is 42.9 Å². The van der Waals surface area contributed by atoms with Gasteiger partial charge in [-0.05, 0) is 43.4 Å². The molecule has 3 aromatic rings. The summed E-state index contributed by atoms with van der Waals surface area (Å²) in [4.78, 5) is 14.5. The number of H-pyrrole nitrogens is 1. The number of nitrogens with zero attached hydrogens (tertiary/aromatic N) is 3. The van der Waals surface area contributed by atoms with Gasteiger partial charge in [-0.15, -0.1) is 0 Å². The Hall–Kier alpha value is -2.40. The summed E-state index contributed by atoms with van der Waals surface area (Å²) in [5, 5.41) is 1.33. The minimum atomic E-state index is 0.575. The van der Waals surface area contributed by atoms with Crippen LogP contribution in [-0.2, 0) is 13.0 Å². The molecule has 0 spiro atoms. The third-order valence-electron chi connectivity index (χ3n) is 4.96. The monoisotopic (exact) mass is 321 g/mol. The van der Waals surface area contributed by atoms with E-state index < -0.39 is 0 Å². The number of benzene rings is 1. The third kappa shape index (κ3) is 3.12. The first-order chi connectivity index (χ1) is 11.8. The molecule has 0 amide bonds. The highest BCUT2D eigenvalue weighted by Gasteiger charge is 2.22. The number of nitrogens with two attached hydrogens (primary N) is 1. The second-order valence-corrected chi connectivity index (χ2v) is 6.70. The highest BCUT2D eigenvalue weighted by atomic mass is 15.1. The predicted molar refractivity (Wildman–Crippen MR) is 96.4 cm³/mol. The Kier molecular flexibility index (Phi) is 4.17. The van der Waals surface area contributed by atoms with Crippen molar-refractivity contribution in [2.75, 3.05) is 18.8 Å². The van der Waals surface area contributed by atoms with Gasteiger partial charge in [-0.25, -0.2) is 4.98 Å². The summed E-state index contributed by atoms with van der Waals surface area (Å²) in [6.07, 6.45) is 8.92. The Morgan fingerprint density at radius 1 is 1.21 bits per heavy atom. The molecule has 3 heterocycles. The maximum Gasteiger partial charge on any atom is 0.145 e. The smallest absolute Gasteiger partial charge is 0.145 e. The number of hydrogen-bond donors (Lipinski definition) is 2. The maximum absolute atomic E-state index is 5.95. The lowest BCUT2D eigenvalue weighted by molar-refractivity contribution is 0.167. The number of anilines is 1. The third-order valence-corrected chi connectivity index (χ3v) is 4.96. The molecule has 1 atom stereocenters. The van der Waals surface area contributed by atoms with Crippen molar-refractivity contribution in [1.82, 2.24) is 19.9 Å². The number of aromatic amines is 1. The molecule has 0 saturated carbocycles. The Morgan fingerprint density at radius 2 is 2.08 bits per heavy atom. The fourth-order valence-corrected chi connectivity index (χ4v) is 3.77. The molecule has 1 saturated heterocycles. The number of piperidine rings is 1. The molecule has 1 aliphatic rings. The van der Waals surface area contributed by atoms with Crippen molar-refractivity contribution in [2.45, 2.75) is 25.8 Å². The average molecular weight is 321 g/mol. The van der Waals surface area contributed by atoms with Crippen molar-refractivity contribution in [1.29, 1.82) is 0 Å². The van der Waals surface area contributed by atoms with Crippen molar-refractivity contribution >= 4 is 16.7 Å². The van der Waals surface area contributed by atoms with E-state index in [0.717, 1.165) is 31.7 Å². The number of fused-ring (bicyclic) bond motifs is 1. The molecule has 24 heavy (non-hydrogen) atoms. The van der Waals surface area contributed by atoms with Gasteiger partial charge in [-0.2, -0.15) is 0 Å². The molecule has 0 aliphatic carbocycles. The summed E-state index contributed by atoms with van der Waals surface area (Å²) in [7, 11) is 0. The van der Waals surface area contributed by atoms with Crippen molar-refractivity contribution in [3.05, 3.63) is 54.1 Å². The van der Waals surface area contributed by atoms with Crippen LogP contribution in [0.25, 0.3) is 10.9 Å². The van der Waals surface area contributed by atoms with Crippen molar-refractivity contribution < 1.29 is 0 Å². The zero-order valence-electron chi connectivity index (χ0n) is 13.8. The first-order valence-electron chi connectivity index (χ1n) is 8.62. The molecule has 0 radical (unpaired) electrons. The lowest BCUT2D eigenvalue weighted by Gasteiger charge is -2.32. The van der Waals surface area contributed by atoms with Crippen LogP contribution in [-0.4, -0.2) is 32.9 Å².